The molecule has 2 aromatic rings. The number of rotatable bonds is 4. The molecule has 0 aliphatic carbocycles. The number of aromatic nitrogens is 3. The molecule has 1 amide bonds. The number of pyridine rings is 1. The lowest BCUT2D eigenvalue weighted by Crippen LogP contribution is -2.38. The largest absolute Gasteiger partial charge is 0.405 e. The van der Waals surface area contributed by atoms with Crippen LogP contribution in [0, 0.1) is 0 Å². The van der Waals surface area contributed by atoms with Gasteiger partial charge in [-0.15, -0.1) is 0 Å². The average molecular weight is 383 g/mol. The maximum absolute atomic E-state index is 12.0. The van der Waals surface area contributed by atoms with Gasteiger partial charge in [0.05, 0.1) is 10.8 Å². The van der Waals surface area contributed by atoms with E-state index in [0.29, 0.717) is 16.3 Å². The number of aromatic amines is 1. The Hall–Kier alpha value is -1.29. The van der Waals surface area contributed by atoms with E-state index in [4.69, 9.17) is 0 Å². The SMILES string of the molecule is CC(Sc1nc2ncc(Br)cc2[nH]1)C(=O)NCC(F)(F)F. The van der Waals surface area contributed by atoms with Crippen LogP contribution in [0.15, 0.2) is 21.9 Å². The molecule has 114 valence electrons. The molecular formula is C11H10BrF3N4OS. The molecule has 21 heavy (non-hydrogen) atoms. The van der Waals surface area contributed by atoms with Gasteiger partial charge in [-0.05, 0) is 28.9 Å². The molecule has 0 aliphatic rings. The molecular weight excluding hydrogens is 373 g/mol. The monoisotopic (exact) mass is 382 g/mol. The van der Waals surface area contributed by atoms with Crippen molar-refractivity contribution in [2.45, 2.75) is 23.5 Å². The van der Waals surface area contributed by atoms with E-state index in [1.165, 1.54) is 6.92 Å². The number of thioether (sulfide) groups is 1. The van der Waals surface area contributed by atoms with Crippen LogP contribution >= 0.6 is 27.7 Å². The number of hydrogen-bond donors (Lipinski definition) is 2. The number of nitrogens with zero attached hydrogens (tertiary/aromatic N) is 2. The molecule has 0 saturated carbocycles. The topological polar surface area (TPSA) is 70.7 Å². The van der Waals surface area contributed by atoms with E-state index >= 15 is 0 Å². The minimum absolute atomic E-state index is 0.422. The summed E-state index contributed by atoms with van der Waals surface area (Å²) in [5, 5.41) is 1.55. The number of carbonyl (C=O) groups is 1. The molecule has 2 heterocycles. The molecule has 2 rings (SSSR count). The van der Waals surface area contributed by atoms with Crippen molar-refractivity contribution >= 4 is 44.8 Å². The molecule has 2 N–H and O–H groups in total. The van der Waals surface area contributed by atoms with Gasteiger partial charge in [-0.3, -0.25) is 4.79 Å². The Morgan fingerprint density at radius 3 is 2.95 bits per heavy atom. The zero-order valence-electron chi connectivity index (χ0n) is 10.7. The van der Waals surface area contributed by atoms with Crippen molar-refractivity contribution in [1.29, 1.82) is 0 Å². The van der Waals surface area contributed by atoms with Crippen molar-refractivity contribution in [3.05, 3.63) is 16.7 Å². The fourth-order valence-electron chi connectivity index (χ4n) is 1.46. The molecule has 0 bridgehead atoms. The van der Waals surface area contributed by atoms with Gasteiger partial charge in [-0.25, -0.2) is 9.97 Å². The first-order valence-electron chi connectivity index (χ1n) is 5.77. The first kappa shape index (κ1) is 16.1. The number of amides is 1. The second-order valence-electron chi connectivity index (χ2n) is 4.16. The second kappa shape index (κ2) is 6.22. The maximum atomic E-state index is 12.0. The van der Waals surface area contributed by atoms with Gasteiger partial charge in [0.2, 0.25) is 5.91 Å². The molecule has 0 radical (unpaired) electrons. The normalized spacial score (nSPS) is 13.4. The fraction of sp³-hybridized carbons (Fsp3) is 0.364. The quantitative estimate of drug-likeness (QED) is 0.797. The van der Waals surface area contributed by atoms with Crippen LogP contribution in [-0.2, 0) is 4.79 Å². The first-order valence-corrected chi connectivity index (χ1v) is 7.44. The number of alkyl halides is 3. The lowest BCUT2D eigenvalue weighted by Gasteiger charge is -2.11. The lowest BCUT2D eigenvalue weighted by atomic mass is 10.4. The number of halogens is 4. The standard InChI is InChI=1S/C11H10BrF3N4OS/c1-5(9(20)17-4-11(13,14)15)21-10-18-7-2-6(12)3-16-8(7)19-10/h2-3,5H,4H2,1H3,(H,17,20)(H,16,18,19). The molecule has 1 atom stereocenters. The van der Waals surface area contributed by atoms with Crippen molar-refractivity contribution in [2.24, 2.45) is 0 Å². The number of nitrogens with one attached hydrogen (secondary N) is 2. The van der Waals surface area contributed by atoms with Gasteiger partial charge in [0.25, 0.3) is 0 Å². The van der Waals surface area contributed by atoms with Crippen LogP contribution in [0.5, 0.6) is 0 Å². The van der Waals surface area contributed by atoms with E-state index in [0.717, 1.165) is 16.2 Å². The minimum Gasteiger partial charge on any atom is -0.346 e. The van der Waals surface area contributed by atoms with Gasteiger partial charge < -0.3 is 10.3 Å². The Bertz CT molecular complexity index is 660. The fourth-order valence-corrected chi connectivity index (χ4v) is 2.62. The summed E-state index contributed by atoms with van der Waals surface area (Å²) < 4.78 is 36.9. The van der Waals surface area contributed by atoms with E-state index in [1.54, 1.807) is 12.3 Å². The molecule has 0 aliphatic heterocycles. The minimum atomic E-state index is -4.42. The molecule has 5 nitrogen and oxygen atoms in total. The Morgan fingerprint density at radius 2 is 2.29 bits per heavy atom. The molecule has 10 heteroatoms. The second-order valence-corrected chi connectivity index (χ2v) is 6.40. The van der Waals surface area contributed by atoms with E-state index in [9.17, 15) is 18.0 Å². The predicted octanol–water partition coefficient (Wildman–Crippen LogP) is 2.88. The van der Waals surface area contributed by atoms with Crippen molar-refractivity contribution in [3.63, 3.8) is 0 Å². The van der Waals surface area contributed by atoms with E-state index in [-0.39, 0.29) is 0 Å². The highest BCUT2D eigenvalue weighted by atomic mass is 79.9. The number of carbonyl (C=O) groups excluding carboxylic acids is 1. The Kier molecular flexibility index (Phi) is 4.77. The van der Waals surface area contributed by atoms with Crippen LogP contribution < -0.4 is 5.32 Å². The Labute approximate surface area is 130 Å². The van der Waals surface area contributed by atoms with Crippen LogP contribution in [0.1, 0.15) is 6.92 Å². The van der Waals surface area contributed by atoms with Crippen molar-refractivity contribution in [3.8, 4) is 0 Å². The van der Waals surface area contributed by atoms with Crippen LogP contribution in [0.25, 0.3) is 11.2 Å². The van der Waals surface area contributed by atoms with Crippen LogP contribution in [-0.4, -0.2) is 38.8 Å². The van der Waals surface area contributed by atoms with Crippen molar-refractivity contribution in [2.75, 3.05) is 6.54 Å². The summed E-state index contributed by atoms with van der Waals surface area (Å²) in [5.41, 5.74) is 1.15. The van der Waals surface area contributed by atoms with Gasteiger partial charge in [0.1, 0.15) is 6.54 Å². The zero-order chi connectivity index (χ0) is 15.6. The molecule has 0 aromatic carbocycles. The van der Waals surface area contributed by atoms with Crippen LogP contribution in [0.2, 0.25) is 0 Å². The molecule has 0 spiro atoms. The van der Waals surface area contributed by atoms with Gasteiger partial charge in [-0.2, -0.15) is 13.2 Å². The highest BCUT2D eigenvalue weighted by Gasteiger charge is 2.29. The lowest BCUT2D eigenvalue weighted by molar-refractivity contribution is -0.137. The molecule has 1 unspecified atom stereocenters. The molecule has 2 aromatic heterocycles. The maximum Gasteiger partial charge on any atom is 0.405 e. The third-order valence-electron chi connectivity index (χ3n) is 2.40. The predicted molar refractivity (Wildman–Crippen MR) is 76.0 cm³/mol. The number of imidazole rings is 1. The van der Waals surface area contributed by atoms with Gasteiger partial charge >= 0.3 is 6.18 Å². The summed E-state index contributed by atoms with van der Waals surface area (Å²) in [6.07, 6.45) is -2.84. The van der Waals surface area contributed by atoms with Crippen LogP contribution in [0.4, 0.5) is 13.2 Å². The van der Waals surface area contributed by atoms with E-state index < -0.39 is 23.9 Å². The highest BCUT2D eigenvalue weighted by molar-refractivity contribution is 9.10. The van der Waals surface area contributed by atoms with Crippen molar-refractivity contribution in [1.82, 2.24) is 20.3 Å². The van der Waals surface area contributed by atoms with E-state index in [1.807, 2.05) is 5.32 Å². The first-order chi connectivity index (χ1) is 9.74. The number of hydrogen-bond acceptors (Lipinski definition) is 4. The van der Waals surface area contributed by atoms with Crippen LogP contribution in [0.3, 0.4) is 0 Å². The number of H-pyrrole nitrogens is 1. The third-order valence-corrected chi connectivity index (χ3v) is 3.82. The smallest absolute Gasteiger partial charge is 0.346 e. The summed E-state index contributed by atoms with van der Waals surface area (Å²) in [5.74, 6) is -0.702. The summed E-state index contributed by atoms with van der Waals surface area (Å²) in [4.78, 5) is 22.7. The summed E-state index contributed by atoms with van der Waals surface area (Å²) >= 11 is 4.30. The highest BCUT2D eigenvalue weighted by Crippen LogP contribution is 2.24. The van der Waals surface area contributed by atoms with Gasteiger partial charge in [-0.1, -0.05) is 11.8 Å². The van der Waals surface area contributed by atoms with Crippen molar-refractivity contribution < 1.29 is 18.0 Å². The van der Waals surface area contributed by atoms with E-state index in [2.05, 4.69) is 30.9 Å². The Morgan fingerprint density at radius 1 is 1.57 bits per heavy atom. The Balaban J connectivity index is 2.00. The zero-order valence-corrected chi connectivity index (χ0v) is 13.1. The third kappa shape index (κ3) is 4.60. The van der Waals surface area contributed by atoms with Gasteiger partial charge in [0.15, 0.2) is 10.8 Å². The molecule has 0 saturated heterocycles. The summed E-state index contributed by atoms with van der Waals surface area (Å²) in [7, 11) is 0. The average Bonchev–Trinajstić information content (AvgIpc) is 2.76. The summed E-state index contributed by atoms with van der Waals surface area (Å²) in [6.45, 7) is 0.165. The summed E-state index contributed by atoms with van der Waals surface area (Å²) in [6, 6.07) is 1.77. The number of fused-ring (bicyclic) bond motifs is 1. The molecule has 0 fully saturated rings. The van der Waals surface area contributed by atoms with Gasteiger partial charge in [0, 0.05) is 10.7 Å².